The monoisotopic (exact) mass is 227 g/mol. The molecule has 2 rings (SSSR count). The van der Waals surface area contributed by atoms with E-state index in [1.54, 1.807) is 6.20 Å². The number of anilines is 1. The van der Waals surface area contributed by atoms with Crippen LogP contribution < -0.4 is 4.90 Å². The summed E-state index contributed by atoms with van der Waals surface area (Å²) < 4.78 is 0. The number of aliphatic hydroxyl groups excluding tert-OH is 1. The van der Waals surface area contributed by atoms with E-state index in [0.29, 0.717) is 10.9 Å². The summed E-state index contributed by atoms with van der Waals surface area (Å²) in [6, 6.07) is 0. The van der Waals surface area contributed by atoms with E-state index in [-0.39, 0.29) is 6.10 Å². The maximum Gasteiger partial charge on any atom is 0.150 e. The second kappa shape index (κ2) is 4.33. The van der Waals surface area contributed by atoms with E-state index in [0.717, 1.165) is 25.2 Å². The lowest BCUT2D eigenvalue weighted by molar-refractivity contribution is 0.0464. The van der Waals surface area contributed by atoms with E-state index >= 15 is 0 Å². The van der Waals surface area contributed by atoms with Crippen molar-refractivity contribution in [2.45, 2.75) is 18.9 Å². The number of halogens is 1. The smallest absolute Gasteiger partial charge is 0.150 e. The first-order valence-corrected chi connectivity index (χ1v) is 5.39. The Bertz CT molecular complexity index is 341. The molecule has 0 aliphatic heterocycles. The minimum Gasteiger partial charge on any atom is -0.393 e. The second-order valence-corrected chi connectivity index (χ2v) is 4.47. The van der Waals surface area contributed by atoms with Gasteiger partial charge in [-0.1, -0.05) is 11.6 Å². The molecule has 0 saturated heterocycles. The van der Waals surface area contributed by atoms with Gasteiger partial charge in [-0.15, -0.1) is 0 Å². The molecule has 1 aromatic rings. The summed E-state index contributed by atoms with van der Waals surface area (Å²) in [5.74, 6) is 1.31. The molecule has 1 aliphatic carbocycles. The Labute approximate surface area is 93.9 Å². The SMILES string of the molecule is CN(CC1CC(O)C1)c1ncncc1Cl. The van der Waals surface area contributed by atoms with Gasteiger partial charge in [-0.25, -0.2) is 9.97 Å². The molecular weight excluding hydrogens is 214 g/mol. The van der Waals surface area contributed by atoms with Crippen LogP contribution in [-0.2, 0) is 0 Å². The van der Waals surface area contributed by atoms with Gasteiger partial charge in [-0.05, 0) is 18.8 Å². The fraction of sp³-hybridized carbons (Fsp3) is 0.600. The van der Waals surface area contributed by atoms with Gasteiger partial charge in [0.2, 0.25) is 0 Å². The van der Waals surface area contributed by atoms with Crippen molar-refractivity contribution in [3.05, 3.63) is 17.5 Å². The van der Waals surface area contributed by atoms with Crippen LogP contribution in [-0.4, -0.2) is 34.8 Å². The third-order valence-electron chi connectivity index (χ3n) is 2.75. The van der Waals surface area contributed by atoms with Crippen molar-refractivity contribution in [2.75, 3.05) is 18.5 Å². The van der Waals surface area contributed by atoms with Gasteiger partial charge in [0.05, 0.1) is 12.3 Å². The average Bonchev–Trinajstić information content (AvgIpc) is 2.16. The highest BCUT2D eigenvalue weighted by atomic mass is 35.5. The number of hydrogen-bond donors (Lipinski definition) is 1. The molecule has 0 bridgehead atoms. The Morgan fingerprint density at radius 3 is 2.93 bits per heavy atom. The molecule has 1 saturated carbocycles. The van der Waals surface area contributed by atoms with Crippen molar-refractivity contribution in [1.82, 2.24) is 9.97 Å². The van der Waals surface area contributed by atoms with Crippen LogP contribution in [0.2, 0.25) is 5.02 Å². The van der Waals surface area contributed by atoms with Crippen molar-refractivity contribution >= 4 is 17.4 Å². The number of aliphatic hydroxyl groups is 1. The highest BCUT2D eigenvalue weighted by molar-refractivity contribution is 6.32. The van der Waals surface area contributed by atoms with Crippen LogP contribution in [0, 0.1) is 5.92 Å². The van der Waals surface area contributed by atoms with Crippen LogP contribution in [0.1, 0.15) is 12.8 Å². The Morgan fingerprint density at radius 2 is 2.33 bits per heavy atom. The van der Waals surface area contributed by atoms with E-state index in [1.165, 1.54) is 6.33 Å². The zero-order valence-corrected chi connectivity index (χ0v) is 9.35. The number of aromatic nitrogens is 2. The summed E-state index contributed by atoms with van der Waals surface area (Å²) in [6.45, 7) is 0.883. The number of hydrogen-bond acceptors (Lipinski definition) is 4. The zero-order chi connectivity index (χ0) is 10.8. The molecular formula is C10H14ClN3O. The topological polar surface area (TPSA) is 49.2 Å². The quantitative estimate of drug-likeness (QED) is 0.847. The normalized spacial score (nSPS) is 24.7. The Balaban J connectivity index is 1.96. The summed E-state index contributed by atoms with van der Waals surface area (Å²) in [5, 5.41) is 9.76. The molecule has 0 radical (unpaired) electrons. The van der Waals surface area contributed by atoms with Gasteiger partial charge in [0.1, 0.15) is 11.3 Å². The minimum atomic E-state index is -0.107. The van der Waals surface area contributed by atoms with E-state index in [9.17, 15) is 5.11 Å². The predicted octanol–water partition coefficient (Wildman–Crippen LogP) is 1.34. The molecule has 1 aromatic heterocycles. The maximum absolute atomic E-state index is 9.19. The summed E-state index contributed by atoms with van der Waals surface area (Å²) in [4.78, 5) is 9.99. The van der Waals surface area contributed by atoms with Gasteiger partial charge in [-0.2, -0.15) is 0 Å². The second-order valence-electron chi connectivity index (χ2n) is 4.07. The third-order valence-corrected chi connectivity index (χ3v) is 3.02. The molecule has 0 unspecified atom stereocenters. The molecule has 4 nitrogen and oxygen atoms in total. The van der Waals surface area contributed by atoms with Crippen molar-refractivity contribution in [2.24, 2.45) is 5.92 Å². The predicted molar refractivity (Wildman–Crippen MR) is 59.0 cm³/mol. The molecule has 1 aliphatic rings. The molecule has 0 aromatic carbocycles. The highest BCUT2D eigenvalue weighted by Crippen LogP contribution is 2.29. The molecule has 1 heterocycles. The maximum atomic E-state index is 9.19. The van der Waals surface area contributed by atoms with E-state index in [4.69, 9.17) is 11.6 Å². The lowest BCUT2D eigenvalue weighted by Gasteiger charge is -2.34. The van der Waals surface area contributed by atoms with Crippen LogP contribution in [0.4, 0.5) is 5.82 Å². The Kier molecular flexibility index (Phi) is 3.07. The zero-order valence-electron chi connectivity index (χ0n) is 8.60. The molecule has 0 spiro atoms. The van der Waals surface area contributed by atoms with Crippen LogP contribution >= 0.6 is 11.6 Å². The Morgan fingerprint density at radius 1 is 1.60 bits per heavy atom. The Hall–Kier alpha value is -0.870. The molecule has 0 atom stereocenters. The fourth-order valence-corrected chi connectivity index (χ4v) is 2.16. The molecule has 1 fully saturated rings. The summed E-state index contributed by atoms with van der Waals surface area (Å²) >= 11 is 5.98. The lowest BCUT2D eigenvalue weighted by atomic mass is 9.82. The fourth-order valence-electron chi connectivity index (χ4n) is 1.91. The van der Waals surface area contributed by atoms with Crippen molar-refractivity contribution in [1.29, 1.82) is 0 Å². The third kappa shape index (κ3) is 2.38. The van der Waals surface area contributed by atoms with Gasteiger partial charge in [0, 0.05) is 13.6 Å². The van der Waals surface area contributed by atoms with Gasteiger partial charge in [-0.3, -0.25) is 0 Å². The first kappa shape index (κ1) is 10.6. The average molecular weight is 228 g/mol. The largest absolute Gasteiger partial charge is 0.393 e. The summed E-state index contributed by atoms with van der Waals surface area (Å²) in [6.07, 6.45) is 4.74. The van der Waals surface area contributed by atoms with Gasteiger partial charge in [0.15, 0.2) is 5.82 Å². The van der Waals surface area contributed by atoms with Crippen LogP contribution in [0.15, 0.2) is 12.5 Å². The molecule has 82 valence electrons. The summed E-state index contributed by atoms with van der Waals surface area (Å²) in [5.41, 5.74) is 0. The first-order valence-electron chi connectivity index (χ1n) is 5.01. The van der Waals surface area contributed by atoms with Gasteiger partial charge >= 0.3 is 0 Å². The standard InChI is InChI=1S/C10H14ClN3O/c1-14(5-7-2-8(15)3-7)10-9(11)4-12-6-13-10/h4,6-8,15H,2-3,5H2,1H3. The molecule has 15 heavy (non-hydrogen) atoms. The van der Waals surface area contributed by atoms with Crippen molar-refractivity contribution < 1.29 is 5.11 Å². The molecule has 1 N–H and O–H groups in total. The lowest BCUT2D eigenvalue weighted by Crippen LogP contribution is -2.37. The highest BCUT2D eigenvalue weighted by Gasteiger charge is 2.28. The van der Waals surface area contributed by atoms with Crippen LogP contribution in [0.3, 0.4) is 0 Å². The van der Waals surface area contributed by atoms with Crippen molar-refractivity contribution in [3.63, 3.8) is 0 Å². The molecule has 5 heteroatoms. The first-order chi connectivity index (χ1) is 7.16. The van der Waals surface area contributed by atoms with E-state index in [1.807, 2.05) is 11.9 Å². The van der Waals surface area contributed by atoms with E-state index < -0.39 is 0 Å². The van der Waals surface area contributed by atoms with Crippen LogP contribution in [0.25, 0.3) is 0 Å². The van der Waals surface area contributed by atoms with Crippen molar-refractivity contribution in [3.8, 4) is 0 Å². The van der Waals surface area contributed by atoms with Gasteiger partial charge < -0.3 is 10.0 Å². The molecule has 0 amide bonds. The minimum absolute atomic E-state index is 0.107. The number of rotatable bonds is 3. The van der Waals surface area contributed by atoms with E-state index in [2.05, 4.69) is 9.97 Å². The van der Waals surface area contributed by atoms with Gasteiger partial charge in [0.25, 0.3) is 0 Å². The van der Waals surface area contributed by atoms with Crippen LogP contribution in [0.5, 0.6) is 0 Å². The summed E-state index contributed by atoms with van der Waals surface area (Å²) in [7, 11) is 1.96. The number of nitrogens with zero attached hydrogens (tertiary/aromatic N) is 3.